The van der Waals surface area contributed by atoms with E-state index in [1.165, 1.54) is 40.1 Å². The first kappa shape index (κ1) is 19.8. The Bertz CT molecular complexity index is 1010. The SMILES string of the molecule is Cc1ccc2sc(N3CCN(CCNC(=O)c4ccc(F)cc4)CC3)nc2c1C. The smallest absolute Gasteiger partial charge is 0.251 e. The van der Waals surface area contributed by atoms with Gasteiger partial charge < -0.3 is 10.2 Å². The molecule has 1 aliphatic rings. The monoisotopic (exact) mass is 412 g/mol. The average molecular weight is 413 g/mol. The molecule has 29 heavy (non-hydrogen) atoms. The van der Waals surface area contributed by atoms with Crippen molar-refractivity contribution in [3.63, 3.8) is 0 Å². The number of fused-ring (bicyclic) bond motifs is 1. The molecule has 0 spiro atoms. The highest BCUT2D eigenvalue weighted by molar-refractivity contribution is 7.22. The van der Waals surface area contributed by atoms with Crippen LogP contribution in [0.5, 0.6) is 0 Å². The molecule has 0 bridgehead atoms. The van der Waals surface area contributed by atoms with Gasteiger partial charge in [-0.3, -0.25) is 9.69 Å². The van der Waals surface area contributed by atoms with Crippen LogP contribution >= 0.6 is 11.3 Å². The number of hydrogen-bond acceptors (Lipinski definition) is 5. The third-order valence-corrected chi connectivity index (χ3v) is 6.62. The predicted molar refractivity (Wildman–Crippen MR) is 116 cm³/mol. The first-order valence-electron chi connectivity index (χ1n) is 9.89. The molecule has 4 rings (SSSR count). The molecule has 0 atom stereocenters. The topological polar surface area (TPSA) is 48.5 Å². The summed E-state index contributed by atoms with van der Waals surface area (Å²) in [5.41, 5.74) is 4.15. The van der Waals surface area contributed by atoms with Crippen molar-refractivity contribution in [1.82, 2.24) is 15.2 Å². The highest BCUT2D eigenvalue weighted by Gasteiger charge is 2.20. The maximum Gasteiger partial charge on any atom is 0.251 e. The summed E-state index contributed by atoms with van der Waals surface area (Å²) in [5.74, 6) is -0.499. The van der Waals surface area contributed by atoms with Gasteiger partial charge >= 0.3 is 0 Å². The van der Waals surface area contributed by atoms with Crippen LogP contribution in [0, 0.1) is 19.7 Å². The molecular weight excluding hydrogens is 387 g/mol. The molecule has 1 amide bonds. The number of piperazine rings is 1. The lowest BCUT2D eigenvalue weighted by Gasteiger charge is -2.34. The molecule has 0 unspecified atom stereocenters. The fraction of sp³-hybridized carbons (Fsp3) is 0.364. The highest BCUT2D eigenvalue weighted by Crippen LogP contribution is 2.32. The van der Waals surface area contributed by atoms with Crippen molar-refractivity contribution in [2.45, 2.75) is 13.8 Å². The van der Waals surface area contributed by atoms with Gasteiger partial charge in [-0.25, -0.2) is 9.37 Å². The number of carbonyl (C=O) groups excluding carboxylic acids is 1. The van der Waals surface area contributed by atoms with Crippen molar-refractivity contribution in [3.05, 3.63) is 58.9 Å². The molecule has 1 aliphatic heterocycles. The zero-order chi connectivity index (χ0) is 20.4. The van der Waals surface area contributed by atoms with Crippen LogP contribution in [0.25, 0.3) is 10.2 Å². The second-order valence-electron chi connectivity index (χ2n) is 7.44. The average Bonchev–Trinajstić information content (AvgIpc) is 3.17. The summed E-state index contributed by atoms with van der Waals surface area (Å²) in [6.45, 7) is 9.41. The van der Waals surface area contributed by atoms with Crippen molar-refractivity contribution in [2.75, 3.05) is 44.2 Å². The van der Waals surface area contributed by atoms with Gasteiger partial charge in [0.15, 0.2) is 5.13 Å². The number of aromatic nitrogens is 1. The molecule has 3 aromatic rings. The number of nitrogens with zero attached hydrogens (tertiary/aromatic N) is 3. The van der Waals surface area contributed by atoms with Gasteiger partial charge in [0.1, 0.15) is 5.82 Å². The molecule has 2 aromatic carbocycles. The molecule has 5 nitrogen and oxygen atoms in total. The van der Waals surface area contributed by atoms with E-state index in [0.29, 0.717) is 12.1 Å². The van der Waals surface area contributed by atoms with Crippen LogP contribution in [-0.2, 0) is 0 Å². The molecular formula is C22H25FN4OS. The number of thiazole rings is 1. The summed E-state index contributed by atoms with van der Waals surface area (Å²) in [4.78, 5) is 21.7. The van der Waals surface area contributed by atoms with Crippen molar-refractivity contribution in [1.29, 1.82) is 0 Å². The standard InChI is InChI=1S/C22H25FN4OS/c1-15-3-8-19-20(16(15)2)25-22(29-19)27-13-11-26(12-14-27)10-9-24-21(28)17-4-6-18(23)7-5-17/h3-8H,9-14H2,1-2H3,(H,24,28). The summed E-state index contributed by atoms with van der Waals surface area (Å²) in [7, 11) is 0. The van der Waals surface area contributed by atoms with E-state index < -0.39 is 0 Å². The van der Waals surface area contributed by atoms with E-state index in [1.807, 2.05) is 0 Å². The Balaban J connectivity index is 1.27. The van der Waals surface area contributed by atoms with Crippen LogP contribution < -0.4 is 10.2 Å². The van der Waals surface area contributed by atoms with E-state index in [2.05, 4.69) is 41.1 Å². The molecule has 1 aromatic heterocycles. The predicted octanol–water partition coefficient (Wildman–Crippen LogP) is 3.60. The molecule has 1 N–H and O–H groups in total. The summed E-state index contributed by atoms with van der Waals surface area (Å²) >= 11 is 1.76. The van der Waals surface area contributed by atoms with E-state index in [0.717, 1.165) is 43.4 Å². The number of aryl methyl sites for hydroxylation is 2. The quantitative estimate of drug-likeness (QED) is 0.696. The fourth-order valence-corrected chi connectivity index (χ4v) is 4.62. The molecule has 152 valence electrons. The Kier molecular flexibility index (Phi) is 5.78. The number of benzene rings is 2. The van der Waals surface area contributed by atoms with Gasteiger partial charge in [-0.1, -0.05) is 17.4 Å². The van der Waals surface area contributed by atoms with Crippen LogP contribution in [0.3, 0.4) is 0 Å². The van der Waals surface area contributed by atoms with Crippen molar-refractivity contribution in [3.8, 4) is 0 Å². The maximum absolute atomic E-state index is 13.0. The highest BCUT2D eigenvalue weighted by atomic mass is 32.1. The molecule has 0 aliphatic carbocycles. The lowest BCUT2D eigenvalue weighted by Crippen LogP contribution is -2.48. The minimum atomic E-state index is -0.335. The number of hydrogen-bond donors (Lipinski definition) is 1. The normalized spacial score (nSPS) is 15.1. The first-order chi connectivity index (χ1) is 14.0. The Morgan fingerprint density at radius 2 is 1.83 bits per heavy atom. The largest absolute Gasteiger partial charge is 0.351 e. The maximum atomic E-state index is 13.0. The van der Waals surface area contributed by atoms with E-state index in [-0.39, 0.29) is 11.7 Å². The zero-order valence-electron chi connectivity index (χ0n) is 16.7. The molecule has 0 radical (unpaired) electrons. The third kappa shape index (κ3) is 4.41. The minimum absolute atomic E-state index is 0.163. The van der Waals surface area contributed by atoms with Gasteiger partial charge in [0.05, 0.1) is 10.2 Å². The summed E-state index contributed by atoms with van der Waals surface area (Å²) in [6, 6.07) is 9.95. The van der Waals surface area contributed by atoms with Crippen molar-refractivity contribution >= 4 is 32.6 Å². The Morgan fingerprint density at radius 3 is 2.55 bits per heavy atom. The summed E-state index contributed by atoms with van der Waals surface area (Å²) in [5, 5.41) is 4.01. The van der Waals surface area contributed by atoms with Gasteiger partial charge in [-0.2, -0.15) is 0 Å². The van der Waals surface area contributed by atoms with E-state index >= 15 is 0 Å². The van der Waals surface area contributed by atoms with Crippen molar-refractivity contribution in [2.24, 2.45) is 0 Å². The third-order valence-electron chi connectivity index (χ3n) is 5.54. The van der Waals surface area contributed by atoms with Crippen molar-refractivity contribution < 1.29 is 9.18 Å². The second kappa shape index (κ2) is 8.47. The van der Waals surface area contributed by atoms with E-state index in [4.69, 9.17) is 4.98 Å². The van der Waals surface area contributed by atoms with E-state index in [9.17, 15) is 9.18 Å². The number of rotatable bonds is 5. The molecule has 0 saturated carbocycles. The van der Waals surface area contributed by atoms with Gasteiger partial charge in [0.25, 0.3) is 5.91 Å². The number of halogens is 1. The lowest BCUT2D eigenvalue weighted by molar-refractivity contribution is 0.0947. The van der Waals surface area contributed by atoms with Gasteiger partial charge in [0, 0.05) is 44.8 Å². The van der Waals surface area contributed by atoms with Crippen LogP contribution in [0.2, 0.25) is 0 Å². The molecule has 1 saturated heterocycles. The number of nitrogens with one attached hydrogen (secondary N) is 1. The molecule has 2 heterocycles. The number of amides is 1. The van der Waals surface area contributed by atoms with Gasteiger partial charge in [-0.15, -0.1) is 0 Å². The molecule has 1 fully saturated rings. The summed E-state index contributed by atoms with van der Waals surface area (Å²) < 4.78 is 14.2. The Hall–Kier alpha value is -2.51. The van der Waals surface area contributed by atoms with Gasteiger partial charge in [-0.05, 0) is 55.3 Å². The van der Waals surface area contributed by atoms with Gasteiger partial charge in [0.2, 0.25) is 0 Å². The Labute approximate surface area is 174 Å². The van der Waals surface area contributed by atoms with Crippen LogP contribution in [-0.4, -0.2) is 55.1 Å². The number of anilines is 1. The van der Waals surface area contributed by atoms with Crippen LogP contribution in [0.15, 0.2) is 36.4 Å². The number of carbonyl (C=O) groups is 1. The Morgan fingerprint density at radius 1 is 1.10 bits per heavy atom. The first-order valence-corrected chi connectivity index (χ1v) is 10.7. The second-order valence-corrected chi connectivity index (χ2v) is 8.45. The fourth-order valence-electron chi connectivity index (χ4n) is 3.54. The van der Waals surface area contributed by atoms with E-state index in [1.54, 1.807) is 11.3 Å². The lowest BCUT2D eigenvalue weighted by atomic mass is 10.1. The summed E-state index contributed by atoms with van der Waals surface area (Å²) in [6.07, 6.45) is 0. The van der Waals surface area contributed by atoms with Crippen LogP contribution in [0.1, 0.15) is 21.5 Å². The van der Waals surface area contributed by atoms with Crippen LogP contribution in [0.4, 0.5) is 9.52 Å². The minimum Gasteiger partial charge on any atom is -0.351 e. The molecule has 7 heteroatoms. The zero-order valence-corrected chi connectivity index (χ0v) is 17.6.